The lowest BCUT2D eigenvalue weighted by molar-refractivity contribution is 0.353. The molecule has 1 aromatic carbocycles. The highest BCUT2D eigenvalue weighted by Gasteiger charge is 2.41. The van der Waals surface area contributed by atoms with Gasteiger partial charge in [0.15, 0.2) is 16.6 Å². The van der Waals surface area contributed by atoms with Crippen molar-refractivity contribution >= 4 is 22.2 Å². The molecular formula is C16H19N3O2S. The highest BCUT2D eigenvalue weighted by atomic mass is 32.1. The lowest BCUT2D eigenvalue weighted by Crippen LogP contribution is -2.42. The third kappa shape index (κ3) is 1.94. The van der Waals surface area contributed by atoms with Crippen molar-refractivity contribution < 1.29 is 9.47 Å². The van der Waals surface area contributed by atoms with Gasteiger partial charge in [-0.3, -0.25) is 0 Å². The first kappa shape index (κ1) is 13.7. The minimum atomic E-state index is 0.382. The van der Waals surface area contributed by atoms with Gasteiger partial charge in [0, 0.05) is 24.2 Å². The number of ether oxygens (including phenoxy) is 2. The van der Waals surface area contributed by atoms with E-state index < -0.39 is 0 Å². The van der Waals surface area contributed by atoms with Crippen LogP contribution in [0.3, 0.4) is 0 Å². The molecule has 1 aromatic heterocycles. The number of nitrogens with zero attached hydrogens (tertiary/aromatic N) is 2. The van der Waals surface area contributed by atoms with Crippen LogP contribution >= 0.6 is 11.3 Å². The molecule has 116 valence electrons. The standard InChI is InChI=1S/C16H19N3O2S/c1-20-12-6-4-10(7-13(12)21-2)19-8-9-3-5-11(19)15-14(9)18-16(17)22-15/h4,6-7,9,11H,3,5,8H2,1-2H3,(H2,17,18). The summed E-state index contributed by atoms with van der Waals surface area (Å²) in [7, 11) is 3.33. The Morgan fingerprint density at radius 2 is 2.05 bits per heavy atom. The number of hydrogen-bond donors (Lipinski definition) is 1. The number of rotatable bonds is 3. The van der Waals surface area contributed by atoms with E-state index in [0.29, 0.717) is 17.1 Å². The van der Waals surface area contributed by atoms with E-state index in [9.17, 15) is 0 Å². The fourth-order valence-electron chi connectivity index (χ4n) is 3.65. The third-order valence-corrected chi connectivity index (χ3v) is 5.67. The summed E-state index contributed by atoms with van der Waals surface area (Å²) in [5.41, 5.74) is 8.33. The van der Waals surface area contributed by atoms with Crippen LogP contribution in [0, 0.1) is 0 Å². The average Bonchev–Trinajstić information content (AvgIpc) is 2.97. The smallest absolute Gasteiger partial charge is 0.180 e. The second-order valence-corrected chi connectivity index (χ2v) is 6.85. The highest BCUT2D eigenvalue weighted by molar-refractivity contribution is 7.15. The molecule has 2 bridgehead atoms. The normalized spacial score (nSPS) is 22.5. The monoisotopic (exact) mass is 317 g/mol. The number of nitrogen functional groups attached to an aromatic ring is 1. The summed E-state index contributed by atoms with van der Waals surface area (Å²) in [6, 6.07) is 6.52. The Kier molecular flexibility index (Phi) is 3.14. The fourth-order valence-corrected chi connectivity index (χ4v) is 4.72. The zero-order valence-electron chi connectivity index (χ0n) is 12.7. The van der Waals surface area contributed by atoms with Gasteiger partial charge >= 0.3 is 0 Å². The van der Waals surface area contributed by atoms with Crippen LogP contribution in [0.1, 0.15) is 35.4 Å². The quantitative estimate of drug-likeness (QED) is 0.942. The lowest BCUT2D eigenvalue weighted by Gasteiger charge is -2.45. The summed E-state index contributed by atoms with van der Waals surface area (Å²) < 4.78 is 10.8. The van der Waals surface area contributed by atoms with Crippen molar-refractivity contribution in [2.24, 2.45) is 0 Å². The molecule has 6 heteroatoms. The maximum atomic E-state index is 5.93. The van der Waals surface area contributed by atoms with Crippen molar-refractivity contribution in [3.63, 3.8) is 0 Å². The Bertz CT molecular complexity index is 715. The molecule has 2 N–H and O–H groups in total. The molecule has 1 saturated heterocycles. The molecule has 1 fully saturated rings. The third-order valence-electron chi connectivity index (χ3n) is 4.67. The van der Waals surface area contributed by atoms with E-state index in [1.807, 2.05) is 6.07 Å². The number of anilines is 2. The SMILES string of the molecule is COc1ccc(N2CC3CCC2c2sc(N)nc23)cc1OC. The van der Waals surface area contributed by atoms with Crippen LogP contribution in [0.5, 0.6) is 11.5 Å². The van der Waals surface area contributed by atoms with Gasteiger partial charge < -0.3 is 20.1 Å². The molecule has 2 aromatic rings. The van der Waals surface area contributed by atoms with E-state index in [2.05, 4.69) is 22.0 Å². The number of methoxy groups -OCH3 is 2. The molecule has 3 aliphatic rings. The Morgan fingerprint density at radius 1 is 1.23 bits per heavy atom. The zero-order chi connectivity index (χ0) is 15.3. The molecule has 0 saturated carbocycles. The van der Waals surface area contributed by atoms with Crippen molar-refractivity contribution in [3.05, 3.63) is 28.8 Å². The molecule has 3 heterocycles. The molecule has 0 amide bonds. The predicted octanol–water partition coefficient (Wildman–Crippen LogP) is 3.18. The van der Waals surface area contributed by atoms with E-state index >= 15 is 0 Å². The summed E-state index contributed by atoms with van der Waals surface area (Å²) in [5, 5.41) is 0.691. The van der Waals surface area contributed by atoms with Gasteiger partial charge in [0.25, 0.3) is 0 Å². The van der Waals surface area contributed by atoms with Crippen molar-refractivity contribution in [3.8, 4) is 11.5 Å². The fraction of sp³-hybridized carbons (Fsp3) is 0.438. The Hall–Kier alpha value is -1.95. The number of piperidine rings is 1. The van der Waals surface area contributed by atoms with Crippen molar-refractivity contribution in [2.45, 2.75) is 24.8 Å². The first-order valence-corrected chi connectivity index (χ1v) is 8.27. The topological polar surface area (TPSA) is 60.6 Å². The van der Waals surface area contributed by atoms with Gasteiger partial charge in [0.2, 0.25) is 0 Å². The number of benzene rings is 1. The van der Waals surface area contributed by atoms with Gasteiger partial charge in [-0.05, 0) is 25.0 Å². The second-order valence-electron chi connectivity index (χ2n) is 5.78. The first-order chi connectivity index (χ1) is 10.7. The summed E-state index contributed by atoms with van der Waals surface area (Å²) in [6.07, 6.45) is 2.36. The maximum Gasteiger partial charge on any atom is 0.180 e. The number of fused-ring (bicyclic) bond motifs is 2. The van der Waals surface area contributed by atoms with Gasteiger partial charge in [-0.15, -0.1) is 0 Å². The van der Waals surface area contributed by atoms with Gasteiger partial charge in [-0.1, -0.05) is 11.3 Å². The minimum Gasteiger partial charge on any atom is -0.493 e. The minimum absolute atomic E-state index is 0.382. The second kappa shape index (κ2) is 5.05. The summed E-state index contributed by atoms with van der Waals surface area (Å²) in [6.45, 7) is 0.996. The average molecular weight is 317 g/mol. The van der Waals surface area contributed by atoms with Crippen LogP contribution in [0.25, 0.3) is 0 Å². The van der Waals surface area contributed by atoms with E-state index in [-0.39, 0.29) is 0 Å². The summed E-state index contributed by atoms with van der Waals surface area (Å²) >= 11 is 1.64. The molecule has 1 aliphatic carbocycles. The molecular weight excluding hydrogens is 298 g/mol. The van der Waals surface area contributed by atoms with Crippen LogP contribution in [-0.2, 0) is 0 Å². The highest BCUT2D eigenvalue weighted by Crippen LogP contribution is 2.51. The Balaban J connectivity index is 1.73. The van der Waals surface area contributed by atoms with Gasteiger partial charge in [-0.25, -0.2) is 4.98 Å². The van der Waals surface area contributed by atoms with Gasteiger partial charge in [-0.2, -0.15) is 0 Å². The Labute approximate surface area is 133 Å². The van der Waals surface area contributed by atoms with E-state index in [1.54, 1.807) is 25.6 Å². The van der Waals surface area contributed by atoms with E-state index in [1.165, 1.54) is 22.7 Å². The molecule has 0 spiro atoms. The van der Waals surface area contributed by atoms with E-state index in [0.717, 1.165) is 24.5 Å². The molecule has 22 heavy (non-hydrogen) atoms. The van der Waals surface area contributed by atoms with Gasteiger partial charge in [0.05, 0.1) is 30.8 Å². The largest absolute Gasteiger partial charge is 0.493 e. The number of aromatic nitrogens is 1. The predicted molar refractivity (Wildman–Crippen MR) is 88.1 cm³/mol. The van der Waals surface area contributed by atoms with Gasteiger partial charge in [0.1, 0.15) is 0 Å². The molecule has 5 rings (SSSR count). The van der Waals surface area contributed by atoms with Crippen LogP contribution in [0.4, 0.5) is 10.8 Å². The van der Waals surface area contributed by atoms with Crippen LogP contribution in [-0.4, -0.2) is 25.7 Å². The molecule has 5 nitrogen and oxygen atoms in total. The number of thiazole rings is 1. The zero-order valence-corrected chi connectivity index (χ0v) is 13.5. The maximum absolute atomic E-state index is 5.93. The van der Waals surface area contributed by atoms with Crippen molar-refractivity contribution in [1.82, 2.24) is 4.98 Å². The number of nitrogens with two attached hydrogens (primary N) is 1. The van der Waals surface area contributed by atoms with Crippen molar-refractivity contribution in [1.29, 1.82) is 0 Å². The molecule has 2 unspecified atom stereocenters. The Morgan fingerprint density at radius 3 is 2.82 bits per heavy atom. The lowest BCUT2D eigenvalue weighted by atomic mass is 9.81. The summed E-state index contributed by atoms with van der Waals surface area (Å²) in [5.74, 6) is 2.02. The van der Waals surface area contributed by atoms with Crippen LogP contribution in [0.2, 0.25) is 0 Å². The number of hydrogen-bond acceptors (Lipinski definition) is 6. The summed E-state index contributed by atoms with van der Waals surface area (Å²) in [4.78, 5) is 8.34. The van der Waals surface area contributed by atoms with Crippen LogP contribution in [0.15, 0.2) is 18.2 Å². The first-order valence-electron chi connectivity index (χ1n) is 7.46. The molecule has 2 atom stereocenters. The van der Waals surface area contributed by atoms with Crippen molar-refractivity contribution in [2.75, 3.05) is 31.4 Å². The molecule has 2 aliphatic heterocycles. The van der Waals surface area contributed by atoms with Crippen LogP contribution < -0.4 is 20.1 Å². The molecule has 0 radical (unpaired) electrons. The van der Waals surface area contributed by atoms with E-state index in [4.69, 9.17) is 15.2 Å².